The summed E-state index contributed by atoms with van der Waals surface area (Å²) in [5, 5.41) is 3.27. The summed E-state index contributed by atoms with van der Waals surface area (Å²) in [4.78, 5) is 40.6. The average Bonchev–Trinajstić information content (AvgIpc) is 2.61. The van der Waals surface area contributed by atoms with Crippen LogP contribution in [0, 0.1) is 13.8 Å². The molecule has 8 heteroatoms. The van der Waals surface area contributed by atoms with Crippen molar-refractivity contribution in [2.24, 2.45) is 0 Å². The Morgan fingerprint density at radius 3 is 2.81 bits per heavy atom. The highest BCUT2D eigenvalue weighted by Gasteiger charge is 2.14. The van der Waals surface area contributed by atoms with E-state index in [1.165, 1.54) is 17.0 Å². The van der Waals surface area contributed by atoms with Gasteiger partial charge in [0.2, 0.25) is 0 Å². The maximum absolute atomic E-state index is 12.3. The van der Waals surface area contributed by atoms with Crippen molar-refractivity contribution >= 4 is 32.8 Å². The van der Waals surface area contributed by atoms with Gasteiger partial charge in [0.1, 0.15) is 11.1 Å². The van der Waals surface area contributed by atoms with Crippen LogP contribution in [0.3, 0.4) is 0 Å². The number of nitrogens with one attached hydrogen (secondary N) is 1. The Hall–Kier alpha value is -2.74. The summed E-state index contributed by atoms with van der Waals surface area (Å²) in [6.45, 7) is 3.90. The number of hydrogen-bond donors (Lipinski definition) is 1. The third kappa shape index (κ3) is 3.60. The van der Waals surface area contributed by atoms with E-state index in [1.54, 1.807) is 32.0 Å². The van der Waals surface area contributed by atoms with Gasteiger partial charge in [0.25, 0.3) is 11.5 Å². The molecule has 2 aromatic heterocycles. The van der Waals surface area contributed by atoms with Gasteiger partial charge in [0.05, 0.1) is 6.33 Å². The molecule has 0 aliphatic carbocycles. The van der Waals surface area contributed by atoms with E-state index in [9.17, 15) is 14.4 Å². The zero-order valence-electron chi connectivity index (χ0n) is 14.2. The quantitative estimate of drug-likeness (QED) is 0.656. The van der Waals surface area contributed by atoms with Gasteiger partial charge >= 0.3 is 5.63 Å². The fraction of sp³-hybridized carbons (Fsp3) is 0.222. The van der Waals surface area contributed by atoms with Gasteiger partial charge in [0, 0.05) is 34.2 Å². The molecule has 0 bridgehead atoms. The normalized spacial score (nSPS) is 10.9. The van der Waals surface area contributed by atoms with Gasteiger partial charge in [-0.15, -0.1) is 0 Å². The van der Waals surface area contributed by atoms with Crippen LogP contribution >= 0.6 is 15.9 Å². The first kappa shape index (κ1) is 18.1. The fourth-order valence-corrected chi connectivity index (χ4v) is 2.85. The van der Waals surface area contributed by atoms with Crippen molar-refractivity contribution in [3.05, 3.63) is 72.7 Å². The molecular formula is C18H16BrN3O4. The van der Waals surface area contributed by atoms with Gasteiger partial charge in [-0.2, -0.15) is 0 Å². The molecule has 0 spiro atoms. The summed E-state index contributed by atoms with van der Waals surface area (Å²) in [5.41, 5.74) is 0.711. The minimum Gasteiger partial charge on any atom is -0.422 e. The second-order valence-corrected chi connectivity index (χ2v) is 6.75. The van der Waals surface area contributed by atoms with Gasteiger partial charge < -0.3 is 9.73 Å². The van der Waals surface area contributed by atoms with Crippen molar-refractivity contribution in [3.8, 4) is 0 Å². The number of hydrogen-bond acceptors (Lipinski definition) is 5. The van der Waals surface area contributed by atoms with Gasteiger partial charge in [-0.3, -0.25) is 14.2 Å². The van der Waals surface area contributed by atoms with E-state index in [1.807, 2.05) is 0 Å². The molecule has 0 radical (unpaired) electrons. The van der Waals surface area contributed by atoms with Crippen molar-refractivity contribution < 1.29 is 9.21 Å². The number of carbonyl (C=O) groups excluding carboxylic acids is 1. The Balaban J connectivity index is 1.75. The van der Waals surface area contributed by atoms with Gasteiger partial charge in [-0.05, 0) is 38.1 Å². The smallest absolute Gasteiger partial charge is 0.349 e. The maximum Gasteiger partial charge on any atom is 0.349 e. The summed E-state index contributed by atoms with van der Waals surface area (Å²) in [6, 6.07) is 6.66. The third-order valence-electron chi connectivity index (χ3n) is 4.09. The Kier molecular flexibility index (Phi) is 5.03. The topological polar surface area (TPSA) is 94.2 Å². The zero-order valence-corrected chi connectivity index (χ0v) is 15.8. The van der Waals surface area contributed by atoms with Crippen LogP contribution in [0.1, 0.15) is 21.6 Å². The number of nitrogens with zero attached hydrogens (tertiary/aromatic N) is 2. The summed E-state index contributed by atoms with van der Waals surface area (Å²) in [7, 11) is 0. The Morgan fingerprint density at radius 1 is 1.27 bits per heavy atom. The molecule has 7 nitrogen and oxygen atoms in total. The van der Waals surface area contributed by atoms with E-state index in [-0.39, 0.29) is 24.2 Å². The van der Waals surface area contributed by atoms with Crippen LogP contribution < -0.4 is 16.5 Å². The molecule has 3 aromatic rings. The summed E-state index contributed by atoms with van der Waals surface area (Å²) < 4.78 is 7.41. The first-order valence-electron chi connectivity index (χ1n) is 7.91. The summed E-state index contributed by atoms with van der Waals surface area (Å²) in [5.74, 6) is -0.550. The molecule has 0 unspecified atom stereocenters. The van der Waals surface area contributed by atoms with Crippen LogP contribution in [0.4, 0.5) is 0 Å². The lowest BCUT2D eigenvalue weighted by atomic mass is 10.2. The molecule has 0 aliphatic heterocycles. The van der Waals surface area contributed by atoms with Crippen LogP contribution in [0.5, 0.6) is 0 Å². The van der Waals surface area contributed by atoms with Crippen LogP contribution in [-0.2, 0) is 6.54 Å². The lowest BCUT2D eigenvalue weighted by Crippen LogP contribution is -2.33. The summed E-state index contributed by atoms with van der Waals surface area (Å²) >= 11 is 3.34. The lowest BCUT2D eigenvalue weighted by Gasteiger charge is -2.09. The Labute approximate surface area is 156 Å². The minimum atomic E-state index is -0.706. The highest BCUT2D eigenvalue weighted by Crippen LogP contribution is 2.19. The molecule has 0 atom stereocenters. The predicted octanol–water partition coefficient (Wildman–Crippen LogP) is 2.16. The zero-order chi connectivity index (χ0) is 18.8. The first-order valence-corrected chi connectivity index (χ1v) is 8.70. The van der Waals surface area contributed by atoms with E-state index < -0.39 is 11.5 Å². The standard InChI is InChI=1S/C18H16BrN3O4/c1-10-11(2)21-9-22(17(10)24)6-5-20-16(23)14-8-12-7-13(19)3-4-15(12)26-18(14)25/h3-4,7-9H,5-6H2,1-2H3,(H,20,23). The number of fused-ring (bicyclic) bond motifs is 1. The van der Waals surface area contributed by atoms with Crippen molar-refractivity contribution in [2.45, 2.75) is 20.4 Å². The molecule has 0 aliphatic rings. The van der Waals surface area contributed by atoms with E-state index >= 15 is 0 Å². The number of rotatable bonds is 4. The molecule has 2 heterocycles. The lowest BCUT2D eigenvalue weighted by molar-refractivity contribution is 0.0948. The molecule has 0 fully saturated rings. The molecule has 1 N–H and O–H groups in total. The molecule has 134 valence electrons. The van der Waals surface area contributed by atoms with Crippen molar-refractivity contribution in [2.75, 3.05) is 6.54 Å². The number of amides is 1. The SMILES string of the molecule is Cc1ncn(CCNC(=O)c2cc3cc(Br)ccc3oc2=O)c(=O)c1C. The summed E-state index contributed by atoms with van der Waals surface area (Å²) in [6.07, 6.45) is 1.44. The number of carbonyl (C=O) groups is 1. The number of benzene rings is 1. The molecule has 0 saturated heterocycles. The monoisotopic (exact) mass is 417 g/mol. The molecule has 1 aromatic carbocycles. The van der Waals surface area contributed by atoms with Crippen LogP contribution in [0.15, 0.2) is 49.1 Å². The highest BCUT2D eigenvalue weighted by molar-refractivity contribution is 9.10. The largest absolute Gasteiger partial charge is 0.422 e. The van der Waals surface area contributed by atoms with Crippen LogP contribution in [0.25, 0.3) is 11.0 Å². The molecule has 0 saturated carbocycles. The maximum atomic E-state index is 12.3. The van der Waals surface area contributed by atoms with E-state index in [4.69, 9.17) is 4.42 Å². The van der Waals surface area contributed by atoms with Gasteiger partial charge in [-0.1, -0.05) is 15.9 Å². The minimum absolute atomic E-state index is 0.0823. The number of aryl methyl sites for hydroxylation is 1. The van der Waals surface area contributed by atoms with Crippen LogP contribution in [0.2, 0.25) is 0 Å². The van der Waals surface area contributed by atoms with Crippen molar-refractivity contribution in [3.63, 3.8) is 0 Å². The Morgan fingerprint density at radius 2 is 2.04 bits per heavy atom. The van der Waals surface area contributed by atoms with Crippen molar-refractivity contribution in [1.82, 2.24) is 14.9 Å². The van der Waals surface area contributed by atoms with E-state index in [2.05, 4.69) is 26.2 Å². The fourth-order valence-electron chi connectivity index (χ4n) is 2.47. The first-order chi connectivity index (χ1) is 12.4. The highest BCUT2D eigenvalue weighted by atomic mass is 79.9. The van der Waals surface area contributed by atoms with Crippen LogP contribution in [-0.4, -0.2) is 22.0 Å². The average molecular weight is 418 g/mol. The predicted molar refractivity (Wildman–Crippen MR) is 100 cm³/mol. The second-order valence-electron chi connectivity index (χ2n) is 5.84. The molecule has 3 rings (SSSR count). The Bertz CT molecular complexity index is 1120. The van der Waals surface area contributed by atoms with E-state index in [0.717, 1.165) is 4.47 Å². The molecular weight excluding hydrogens is 402 g/mol. The molecule has 26 heavy (non-hydrogen) atoms. The molecule has 1 amide bonds. The van der Waals surface area contributed by atoms with Gasteiger partial charge in [-0.25, -0.2) is 9.78 Å². The van der Waals surface area contributed by atoms with E-state index in [0.29, 0.717) is 22.2 Å². The van der Waals surface area contributed by atoms with Crippen molar-refractivity contribution in [1.29, 1.82) is 0 Å². The number of aromatic nitrogens is 2. The third-order valence-corrected chi connectivity index (χ3v) is 4.59. The second kappa shape index (κ2) is 7.25. The number of halogens is 1. The van der Waals surface area contributed by atoms with Gasteiger partial charge in [0.15, 0.2) is 0 Å².